The van der Waals surface area contributed by atoms with E-state index in [1.165, 1.54) is 0 Å². The number of hydrogen-bond donors (Lipinski definition) is 1. The number of nitrogens with one attached hydrogen (secondary N) is 1. The van der Waals surface area contributed by atoms with Gasteiger partial charge in [0.2, 0.25) is 11.8 Å². The van der Waals surface area contributed by atoms with E-state index in [0.717, 1.165) is 44.4 Å². The lowest BCUT2D eigenvalue weighted by Gasteiger charge is -2.23. The third kappa shape index (κ3) is 4.03. The van der Waals surface area contributed by atoms with Crippen LogP contribution in [0.15, 0.2) is 66.7 Å². The van der Waals surface area contributed by atoms with Crippen molar-refractivity contribution < 1.29 is 9.59 Å². The summed E-state index contributed by atoms with van der Waals surface area (Å²) in [6.07, 6.45) is 2.13. The predicted octanol–water partition coefficient (Wildman–Crippen LogP) is 4.47. The molecule has 5 rings (SSSR count). The Bertz CT molecular complexity index is 1230. The van der Waals surface area contributed by atoms with Crippen molar-refractivity contribution in [2.24, 2.45) is 0 Å². The predicted molar refractivity (Wildman–Crippen MR) is 124 cm³/mol. The van der Waals surface area contributed by atoms with Gasteiger partial charge in [-0.3, -0.25) is 9.59 Å². The molecule has 3 aromatic carbocycles. The van der Waals surface area contributed by atoms with Crippen LogP contribution >= 0.6 is 11.3 Å². The fraction of sp³-hybridized carbons (Fsp3) is 0.240. The summed E-state index contributed by atoms with van der Waals surface area (Å²) in [6, 6.07) is 22.0. The summed E-state index contributed by atoms with van der Waals surface area (Å²) < 4.78 is 1.14. The number of fused-ring (bicyclic) bond motifs is 2. The summed E-state index contributed by atoms with van der Waals surface area (Å²) in [4.78, 5) is 32.1. The zero-order chi connectivity index (χ0) is 21.2. The quantitative estimate of drug-likeness (QED) is 0.509. The number of carbonyl (C=O) groups is 2. The highest BCUT2D eigenvalue weighted by atomic mass is 32.1. The second-order valence-electron chi connectivity index (χ2n) is 7.86. The van der Waals surface area contributed by atoms with Gasteiger partial charge in [-0.25, -0.2) is 4.98 Å². The van der Waals surface area contributed by atoms with Gasteiger partial charge in [-0.1, -0.05) is 54.6 Å². The lowest BCUT2D eigenvalue weighted by molar-refractivity contribution is -0.133. The van der Waals surface area contributed by atoms with E-state index in [2.05, 4.69) is 11.4 Å². The maximum Gasteiger partial charge on any atom is 0.242 e. The third-order valence-corrected chi connectivity index (χ3v) is 6.97. The SMILES string of the molecule is O=C(Cc1cccc2ccccc12)NCC(=O)N1CCC[C@H]1c1nc2ccccc2s1. The van der Waals surface area contributed by atoms with Crippen LogP contribution in [0.4, 0.5) is 0 Å². The van der Waals surface area contributed by atoms with E-state index < -0.39 is 0 Å². The normalized spacial score (nSPS) is 16.1. The lowest BCUT2D eigenvalue weighted by atomic mass is 10.0. The van der Waals surface area contributed by atoms with Crippen LogP contribution in [-0.4, -0.2) is 34.8 Å². The highest BCUT2D eigenvalue weighted by Crippen LogP contribution is 2.36. The number of thiazole rings is 1. The van der Waals surface area contributed by atoms with Crippen molar-refractivity contribution in [3.63, 3.8) is 0 Å². The average Bonchev–Trinajstić information content (AvgIpc) is 3.44. The molecule has 2 heterocycles. The van der Waals surface area contributed by atoms with Crippen LogP contribution in [0.2, 0.25) is 0 Å². The number of amides is 2. The van der Waals surface area contributed by atoms with Crippen molar-refractivity contribution in [2.75, 3.05) is 13.1 Å². The molecule has 6 heteroatoms. The number of hydrogen-bond acceptors (Lipinski definition) is 4. The van der Waals surface area contributed by atoms with Gasteiger partial charge in [-0.15, -0.1) is 11.3 Å². The summed E-state index contributed by atoms with van der Waals surface area (Å²) in [6.45, 7) is 0.726. The van der Waals surface area contributed by atoms with Gasteiger partial charge in [0, 0.05) is 6.54 Å². The molecule has 1 atom stereocenters. The molecule has 156 valence electrons. The van der Waals surface area contributed by atoms with Crippen molar-refractivity contribution in [1.29, 1.82) is 0 Å². The fourth-order valence-corrected chi connectivity index (χ4v) is 5.43. The van der Waals surface area contributed by atoms with E-state index >= 15 is 0 Å². The van der Waals surface area contributed by atoms with Gasteiger partial charge in [-0.2, -0.15) is 0 Å². The molecule has 0 bridgehead atoms. The second-order valence-corrected chi connectivity index (χ2v) is 8.92. The molecule has 1 fully saturated rings. The third-order valence-electron chi connectivity index (χ3n) is 5.84. The minimum atomic E-state index is -0.138. The van der Waals surface area contributed by atoms with Crippen LogP contribution < -0.4 is 5.32 Å². The zero-order valence-electron chi connectivity index (χ0n) is 17.1. The molecular weight excluding hydrogens is 406 g/mol. The number of aromatic nitrogens is 1. The molecule has 1 aliphatic heterocycles. The van der Waals surface area contributed by atoms with Gasteiger partial charge in [-0.05, 0) is 41.3 Å². The fourth-order valence-electron chi connectivity index (χ4n) is 4.31. The van der Waals surface area contributed by atoms with Crippen molar-refractivity contribution in [1.82, 2.24) is 15.2 Å². The summed E-state index contributed by atoms with van der Waals surface area (Å²) in [7, 11) is 0. The van der Waals surface area contributed by atoms with Crippen LogP contribution in [0.25, 0.3) is 21.0 Å². The molecule has 1 N–H and O–H groups in total. The standard InChI is InChI=1S/C25H23N3O2S/c29-23(15-18-9-5-8-17-7-1-2-10-19(17)18)26-16-24(30)28-14-6-12-21(28)25-27-20-11-3-4-13-22(20)31-25/h1-5,7-11,13,21H,6,12,14-16H2,(H,26,29)/t21-/m0/s1. The first kappa shape index (κ1) is 19.7. The van der Waals surface area contributed by atoms with Crippen LogP contribution in [0.1, 0.15) is 29.5 Å². The van der Waals surface area contributed by atoms with Crippen LogP contribution in [0.3, 0.4) is 0 Å². The number of carbonyl (C=O) groups excluding carboxylic acids is 2. The molecule has 0 spiro atoms. The monoisotopic (exact) mass is 429 g/mol. The number of rotatable bonds is 5. The Labute approximate surface area is 184 Å². The number of para-hydroxylation sites is 1. The first-order valence-corrected chi connectivity index (χ1v) is 11.4. The molecule has 1 aliphatic rings. The Morgan fingerprint density at radius 1 is 1.03 bits per heavy atom. The van der Waals surface area contributed by atoms with Crippen molar-refractivity contribution in [3.8, 4) is 0 Å². The Kier molecular flexibility index (Phi) is 5.38. The molecule has 0 radical (unpaired) electrons. The molecule has 1 saturated heterocycles. The highest BCUT2D eigenvalue weighted by molar-refractivity contribution is 7.18. The van der Waals surface area contributed by atoms with Crippen molar-refractivity contribution in [3.05, 3.63) is 77.3 Å². The number of benzene rings is 3. The molecule has 31 heavy (non-hydrogen) atoms. The maximum absolute atomic E-state index is 12.9. The average molecular weight is 430 g/mol. The zero-order valence-corrected chi connectivity index (χ0v) is 17.9. The van der Waals surface area contributed by atoms with E-state index in [1.54, 1.807) is 11.3 Å². The van der Waals surface area contributed by atoms with Gasteiger partial charge in [0.1, 0.15) is 5.01 Å². The molecule has 2 amide bonds. The molecule has 0 aliphatic carbocycles. The molecule has 5 nitrogen and oxygen atoms in total. The van der Waals surface area contributed by atoms with E-state index in [0.29, 0.717) is 6.54 Å². The summed E-state index contributed by atoms with van der Waals surface area (Å²) in [5, 5.41) is 5.99. The Morgan fingerprint density at radius 3 is 2.74 bits per heavy atom. The molecule has 1 aromatic heterocycles. The first-order valence-electron chi connectivity index (χ1n) is 10.6. The molecular formula is C25H23N3O2S. The van der Waals surface area contributed by atoms with Gasteiger partial charge >= 0.3 is 0 Å². The van der Waals surface area contributed by atoms with Crippen LogP contribution in [0, 0.1) is 0 Å². The first-order chi connectivity index (χ1) is 15.2. The summed E-state index contributed by atoms with van der Waals surface area (Å²) in [5.41, 5.74) is 1.95. The Hall–Kier alpha value is -3.25. The van der Waals surface area contributed by atoms with Gasteiger partial charge in [0.25, 0.3) is 0 Å². The molecule has 0 saturated carbocycles. The minimum Gasteiger partial charge on any atom is -0.347 e. The second kappa shape index (κ2) is 8.47. The Balaban J connectivity index is 1.23. The van der Waals surface area contributed by atoms with Crippen LogP contribution in [0.5, 0.6) is 0 Å². The smallest absolute Gasteiger partial charge is 0.242 e. The van der Waals surface area contributed by atoms with E-state index in [4.69, 9.17) is 4.98 Å². The molecule has 4 aromatic rings. The molecule has 0 unspecified atom stereocenters. The van der Waals surface area contributed by atoms with E-state index in [-0.39, 0.29) is 30.8 Å². The number of nitrogens with zero attached hydrogens (tertiary/aromatic N) is 2. The minimum absolute atomic E-state index is 0.000121. The van der Waals surface area contributed by atoms with E-state index in [9.17, 15) is 9.59 Å². The largest absolute Gasteiger partial charge is 0.347 e. The van der Waals surface area contributed by atoms with Crippen molar-refractivity contribution >= 4 is 44.1 Å². The Morgan fingerprint density at radius 2 is 1.84 bits per heavy atom. The van der Waals surface area contributed by atoms with Gasteiger partial charge in [0.15, 0.2) is 0 Å². The summed E-state index contributed by atoms with van der Waals surface area (Å²) >= 11 is 1.65. The number of likely N-dealkylation sites (tertiary alicyclic amines) is 1. The highest BCUT2D eigenvalue weighted by Gasteiger charge is 2.32. The maximum atomic E-state index is 12.9. The summed E-state index contributed by atoms with van der Waals surface area (Å²) in [5.74, 6) is -0.187. The van der Waals surface area contributed by atoms with Crippen LogP contribution in [-0.2, 0) is 16.0 Å². The van der Waals surface area contributed by atoms with Gasteiger partial charge < -0.3 is 10.2 Å². The van der Waals surface area contributed by atoms with Crippen molar-refractivity contribution in [2.45, 2.75) is 25.3 Å². The van der Waals surface area contributed by atoms with E-state index in [1.807, 2.05) is 65.6 Å². The lowest BCUT2D eigenvalue weighted by Crippen LogP contribution is -2.40. The topological polar surface area (TPSA) is 62.3 Å². The van der Waals surface area contributed by atoms with Gasteiger partial charge in [0.05, 0.1) is 29.2 Å².